The van der Waals surface area contributed by atoms with E-state index in [9.17, 15) is 0 Å². The van der Waals surface area contributed by atoms with E-state index in [0.29, 0.717) is 10.7 Å². The molecule has 0 N–H and O–H groups in total. The third kappa shape index (κ3) is 2.62. The molecule has 0 aliphatic heterocycles. The minimum atomic E-state index is 0.431. The van der Waals surface area contributed by atoms with Gasteiger partial charge in [0.05, 0.1) is 7.11 Å². The van der Waals surface area contributed by atoms with Gasteiger partial charge in [0.1, 0.15) is 5.75 Å². The number of hydrogen-bond acceptors (Lipinski definition) is 1. The SMILES string of the molecule is COc1ccc(C(Br)C(C)C2CC2)c(Br)c1. The monoisotopic (exact) mass is 346 g/mol. The summed E-state index contributed by atoms with van der Waals surface area (Å²) in [5.74, 6) is 2.50. The van der Waals surface area contributed by atoms with E-state index in [1.165, 1.54) is 18.4 Å². The second kappa shape index (κ2) is 5.09. The summed E-state index contributed by atoms with van der Waals surface area (Å²) in [5, 5.41) is 0. The number of halogens is 2. The second-order valence-electron chi connectivity index (χ2n) is 4.49. The van der Waals surface area contributed by atoms with Crippen molar-refractivity contribution in [3.63, 3.8) is 0 Å². The first-order valence-corrected chi connectivity index (χ1v) is 7.32. The number of ether oxygens (including phenoxy) is 1. The van der Waals surface area contributed by atoms with Crippen LogP contribution in [0, 0.1) is 11.8 Å². The van der Waals surface area contributed by atoms with E-state index in [2.05, 4.69) is 44.8 Å². The van der Waals surface area contributed by atoms with Crippen LogP contribution in [0.2, 0.25) is 0 Å². The molecular weight excluding hydrogens is 332 g/mol. The van der Waals surface area contributed by atoms with E-state index in [4.69, 9.17) is 4.74 Å². The topological polar surface area (TPSA) is 9.23 Å². The van der Waals surface area contributed by atoms with Crippen LogP contribution in [0.1, 0.15) is 30.2 Å². The van der Waals surface area contributed by atoms with Crippen LogP contribution in [0.3, 0.4) is 0 Å². The van der Waals surface area contributed by atoms with Crippen LogP contribution in [0.5, 0.6) is 5.75 Å². The quantitative estimate of drug-likeness (QED) is 0.701. The molecule has 0 saturated heterocycles. The maximum atomic E-state index is 5.20. The van der Waals surface area contributed by atoms with Gasteiger partial charge in [-0.25, -0.2) is 0 Å². The highest BCUT2D eigenvalue weighted by atomic mass is 79.9. The van der Waals surface area contributed by atoms with E-state index in [1.807, 2.05) is 12.1 Å². The Bertz CT molecular complexity index is 374. The highest BCUT2D eigenvalue weighted by Gasteiger charge is 2.33. The Morgan fingerprint density at radius 3 is 2.56 bits per heavy atom. The van der Waals surface area contributed by atoms with Crippen molar-refractivity contribution in [3.8, 4) is 5.75 Å². The summed E-state index contributed by atoms with van der Waals surface area (Å²) in [4.78, 5) is 0.431. The molecule has 88 valence electrons. The van der Waals surface area contributed by atoms with Crippen LogP contribution in [-0.4, -0.2) is 7.11 Å². The van der Waals surface area contributed by atoms with Crippen LogP contribution in [-0.2, 0) is 0 Å². The first-order chi connectivity index (χ1) is 7.63. The number of alkyl halides is 1. The van der Waals surface area contributed by atoms with Crippen molar-refractivity contribution in [2.75, 3.05) is 7.11 Å². The molecule has 0 bridgehead atoms. The molecule has 0 radical (unpaired) electrons. The summed E-state index contributed by atoms with van der Waals surface area (Å²) >= 11 is 7.43. The van der Waals surface area contributed by atoms with E-state index >= 15 is 0 Å². The van der Waals surface area contributed by atoms with E-state index in [-0.39, 0.29) is 0 Å². The van der Waals surface area contributed by atoms with Gasteiger partial charge in [-0.05, 0) is 42.4 Å². The van der Waals surface area contributed by atoms with Gasteiger partial charge in [0, 0.05) is 9.30 Å². The van der Waals surface area contributed by atoms with Crippen LogP contribution >= 0.6 is 31.9 Å². The lowest BCUT2D eigenvalue weighted by Crippen LogP contribution is -2.06. The summed E-state index contributed by atoms with van der Waals surface area (Å²) in [6.45, 7) is 2.33. The molecule has 2 atom stereocenters. The minimum Gasteiger partial charge on any atom is -0.497 e. The molecule has 2 rings (SSSR count). The van der Waals surface area contributed by atoms with Crippen LogP contribution in [0.4, 0.5) is 0 Å². The molecule has 1 nitrogen and oxygen atoms in total. The van der Waals surface area contributed by atoms with Gasteiger partial charge < -0.3 is 4.74 Å². The fourth-order valence-corrected chi connectivity index (χ4v) is 3.75. The van der Waals surface area contributed by atoms with Gasteiger partial charge >= 0.3 is 0 Å². The first-order valence-electron chi connectivity index (χ1n) is 5.61. The van der Waals surface area contributed by atoms with Crippen molar-refractivity contribution >= 4 is 31.9 Å². The molecular formula is C13H16Br2O. The lowest BCUT2D eigenvalue weighted by atomic mass is 9.96. The predicted octanol–water partition coefficient (Wildman–Crippen LogP) is 4.94. The van der Waals surface area contributed by atoms with E-state index in [0.717, 1.165) is 16.1 Å². The molecule has 1 saturated carbocycles. The molecule has 1 aliphatic carbocycles. The van der Waals surface area contributed by atoms with Crippen molar-refractivity contribution in [2.24, 2.45) is 11.8 Å². The highest BCUT2D eigenvalue weighted by Crippen LogP contribution is 2.47. The summed E-state index contributed by atoms with van der Waals surface area (Å²) in [5.41, 5.74) is 1.32. The fraction of sp³-hybridized carbons (Fsp3) is 0.538. The molecule has 1 fully saturated rings. The van der Waals surface area contributed by atoms with E-state index in [1.54, 1.807) is 7.11 Å². The zero-order chi connectivity index (χ0) is 11.7. The maximum Gasteiger partial charge on any atom is 0.120 e. The van der Waals surface area contributed by atoms with Gasteiger partial charge in [-0.3, -0.25) is 0 Å². The van der Waals surface area contributed by atoms with Crippen molar-refractivity contribution < 1.29 is 4.74 Å². The Labute approximate surface area is 114 Å². The molecule has 0 aromatic heterocycles. The Balaban J connectivity index is 2.18. The normalized spacial score (nSPS) is 19.2. The minimum absolute atomic E-state index is 0.431. The van der Waals surface area contributed by atoms with Gasteiger partial charge in [-0.2, -0.15) is 0 Å². The lowest BCUT2D eigenvalue weighted by Gasteiger charge is -2.19. The van der Waals surface area contributed by atoms with Gasteiger partial charge in [-0.1, -0.05) is 44.8 Å². The average molecular weight is 348 g/mol. The molecule has 1 aromatic rings. The number of benzene rings is 1. The Hall–Kier alpha value is -0.0200. The standard InChI is InChI=1S/C13H16Br2O/c1-8(9-3-4-9)13(15)11-6-5-10(16-2)7-12(11)14/h5-9,13H,3-4H2,1-2H3. The molecule has 3 heteroatoms. The molecule has 0 heterocycles. The molecule has 0 amide bonds. The molecule has 1 aliphatic rings. The first kappa shape index (κ1) is 12.4. The maximum absolute atomic E-state index is 5.20. The second-order valence-corrected chi connectivity index (χ2v) is 6.33. The summed E-state index contributed by atoms with van der Waals surface area (Å²) in [6, 6.07) is 6.19. The molecule has 0 spiro atoms. The zero-order valence-electron chi connectivity index (χ0n) is 9.54. The van der Waals surface area contributed by atoms with Crippen LogP contribution in [0.15, 0.2) is 22.7 Å². The Kier molecular flexibility index (Phi) is 3.96. The van der Waals surface area contributed by atoms with Crippen LogP contribution in [0.25, 0.3) is 0 Å². The number of hydrogen-bond donors (Lipinski definition) is 0. The summed E-state index contributed by atoms with van der Waals surface area (Å²) < 4.78 is 6.33. The zero-order valence-corrected chi connectivity index (χ0v) is 12.7. The average Bonchev–Trinajstić information content (AvgIpc) is 3.10. The van der Waals surface area contributed by atoms with Crippen molar-refractivity contribution in [1.82, 2.24) is 0 Å². The molecule has 2 unspecified atom stereocenters. The smallest absolute Gasteiger partial charge is 0.120 e. The molecule has 16 heavy (non-hydrogen) atoms. The van der Waals surface area contributed by atoms with Gasteiger partial charge in [0.2, 0.25) is 0 Å². The summed E-state index contributed by atoms with van der Waals surface area (Å²) in [7, 11) is 1.69. The number of methoxy groups -OCH3 is 1. The molecule has 1 aromatic carbocycles. The third-order valence-electron chi connectivity index (χ3n) is 3.33. The van der Waals surface area contributed by atoms with Crippen LogP contribution < -0.4 is 4.74 Å². The van der Waals surface area contributed by atoms with Gasteiger partial charge in [-0.15, -0.1) is 0 Å². The lowest BCUT2D eigenvalue weighted by molar-refractivity contribution is 0.414. The third-order valence-corrected chi connectivity index (χ3v) is 5.35. The van der Waals surface area contributed by atoms with Gasteiger partial charge in [0.15, 0.2) is 0 Å². The van der Waals surface area contributed by atoms with Crippen molar-refractivity contribution in [2.45, 2.75) is 24.6 Å². The van der Waals surface area contributed by atoms with E-state index < -0.39 is 0 Å². The highest BCUT2D eigenvalue weighted by molar-refractivity contribution is 9.11. The van der Waals surface area contributed by atoms with Crippen molar-refractivity contribution in [1.29, 1.82) is 0 Å². The fourth-order valence-electron chi connectivity index (χ4n) is 2.00. The summed E-state index contributed by atoms with van der Waals surface area (Å²) in [6.07, 6.45) is 2.77. The van der Waals surface area contributed by atoms with Gasteiger partial charge in [0.25, 0.3) is 0 Å². The Morgan fingerprint density at radius 1 is 1.38 bits per heavy atom. The predicted molar refractivity (Wildman–Crippen MR) is 74.3 cm³/mol. The Morgan fingerprint density at radius 2 is 2.06 bits per heavy atom. The number of rotatable bonds is 4. The largest absolute Gasteiger partial charge is 0.497 e. The van der Waals surface area contributed by atoms with Crippen molar-refractivity contribution in [3.05, 3.63) is 28.2 Å².